The van der Waals surface area contributed by atoms with E-state index >= 15 is 0 Å². The fourth-order valence-electron chi connectivity index (χ4n) is 1.58. The lowest BCUT2D eigenvalue weighted by Crippen LogP contribution is -2.27. The summed E-state index contributed by atoms with van der Waals surface area (Å²) in [7, 11) is 0. The predicted octanol–water partition coefficient (Wildman–Crippen LogP) is 2.25. The Morgan fingerprint density at radius 1 is 1.56 bits per heavy atom. The average molecular weight is 273 g/mol. The second kappa shape index (κ2) is 6.56. The van der Waals surface area contributed by atoms with E-state index in [0.717, 1.165) is 0 Å². The molecule has 0 saturated carbocycles. The van der Waals surface area contributed by atoms with Crippen LogP contribution in [0.2, 0.25) is 5.02 Å². The zero-order chi connectivity index (χ0) is 13.7. The second-order valence-corrected chi connectivity index (χ2v) is 4.77. The van der Waals surface area contributed by atoms with Crippen LogP contribution in [0.1, 0.15) is 30.6 Å². The van der Waals surface area contributed by atoms with Crippen LogP contribution >= 0.6 is 11.6 Å². The van der Waals surface area contributed by atoms with Gasteiger partial charge in [0.15, 0.2) is 0 Å². The van der Waals surface area contributed by atoms with E-state index in [2.05, 4.69) is 10.3 Å². The number of aliphatic hydroxyl groups excluding tert-OH is 1. The lowest BCUT2D eigenvalue weighted by molar-refractivity contribution is 0.0697. The van der Waals surface area contributed by atoms with Crippen molar-refractivity contribution in [2.75, 3.05) is 11.9 Å². The van der Waals surface area contributed by atoms with Gasteiger partial charge in [-0.25, -0.2) is 9.78 Å². The molecule has 0 radical (unpaired) electrons. The number of halogens is 1. The van der Waals surface area contributed by atoms with Gasteiger partial charge in [0.2, 0.25) is 0 Å². The Kier molecular flexibility index (Phi) is 5.37. The molecule has 0 aliphatic rings. The van der Waals surface area contributed by atoms with Crippen molar-refractivity contribution in [2.24, 2.45) is 5.92 Å². The number of rotatable bonds is 6. The zero-order valence-corrected chi connectivity index (χ0v) is 11.1. The third-order valence-corrected chi connectivity index (χ3v) is 2.97. The molecule has 0 saturated heterocycles. The molecular formula is C12H17ClN2O3. The molecule has 3 N–H and O–H groups in total. The standard InChI is InChI=1S/C12H17ClN2O3/c1-7(2)10(3-4-16)15-11-5-8(12(17)18)9(13)6-14-11/h5-7,10,16H,3-4H2,1-2H3,(H,14,15)(H,17,18). The number of hydrogen-bond donors (Lipinski definition) is 3. The van der Waals surface area contributed by atoms with Crippen LogP contribution in [0.3, 0.4) is 0 Å². The molecule has 1 heterocycles. The summed E-state index contributed by atoms with van der Waals surface area (Å²) in [5, 5.41) is 21.1. The summed E-state index contributed by atoms with van der Waals surface area (Å²) in [6, 6.07) is 1.43. The number of aliphatic hydroxyl groups is 1. The average Bonchev–Trinajstić information content (AvgIpc) is 2.30. The summed E-state index contributed by atoms with van der Waals surface area (Å²) in [5.41, 5.74) is 0.0145. The molecule has 0 aliphatic heterocycles. The summed E-state index contributed by atoms with van der Waals surface area (Å²) in [6.07, 6.45) is 1.88. The summed E-state index contributed by atoms with van der Waals surface area (Å²) < 4.78 is 0. The number of carboxylic acid groups (broad SMARTS) is 1. The van der Waals surface area contributed by atoms with Gasteiger partial charge in [0, 0.05) is 18.8 Å². The van der Waals surface area contributed by atoms with Gasteiger partial charge in [-0.15, -0.1) is 0 Å². The fourth-order valence-corrected chi connectivity index (χ4v) is 1.77. The number of carbonyl (C=O) groups is 1. The minimum Gasteiger partial charge on any atom is -0.478 e. The van der Waals surface area contributed by atoms with Crippen molar-refractivity contribution in [3.8, 4) is 0 Å². The van der Waals surface area contributed by atoms with Crippen LogP contribution in [0.4, 0.5) is 5.82 Å². The van der Waals surface area contributed by atoms with Crippen LogP contribution in [0.5, 0.6) is 0 Å². The normalized spacial score (nSPS) is 12.5. The van der Waals surface area contributed by atoms with E-state index < -0.39 is 5.97 Å². The van der Waals surface area contributed by atoms with Gasteiger partial charge in [-0.2, -0.15) is 0 Å². The van der Waals surface area contributed by atoms with Gasteiger partial charge in [0.25, 0.3) is 0 Å². The van der Waals surface area contributed by atoms with E-state index in [0.29, 0.717) is 18.2 Å². The van der Waals surface area contributed by atoms with Crippen molar-refractivity contribution in [3.05, 3.63) is 22.8 Å². The van der Waals surface area contributed by atoms with Gasteiger partial charge in [0.1, 0.15) is 5.82 Å². The summed E-state index contributed by atoms with van der Waals surface area (Å²) in [6.45, 7) is 4.10. The Morgan fingerprint density at radius 2 is 2.22 bits per heavy atom. The summed E-state index contributed by atoms with van der Waals surface area (Å²) >= 11 is 5.74. The van der Waals surface area contributed by atoms with Gasteiger partial charge >= 0.3 is 5.97 Å². The smallest absolute Gasteiger partial charge is 0.337 e. The molecule has 1 aromatic heterocycles. The van der Waals surface area contributed by atoms with Crippen LogP contribution in [-0.4, -0.2) is 33.8 Å². The Bertz CT molecular complexity index is 424. The van der Waals surface area contributed by atoms with Crippen LogP contribution < -0.4 is 5.32 Å². The lowest BCUT2D eigenvalue weighted by atomic mass is 10.0. The number of aromatic carboxylic acids is 1. The first-order chi connectivity index (χ1) is 8.45. The molecule has 1 aromatic rings. The van der Waals surface area contributed by atoms with Gasteiger partial charge < -0.3 is 15.5 Å². The Balaban J connectivity index is 2.89. The topological polar surface area (TPSA) is 82.5 Å². The molecule has 1 atom stereocenters. The predicted molar refractivity (Wildman–Crippen MR) is 70.2 cm³/mol. The summed E-state index contributed by atoms with van der Waals surface area (Å²) in [5.74, 6) is -0.347. The van der Waals surface area contributed by atoms with E-state index in [9.17, 15) is 4.79 Å². The minimum atomic E-state index is -1.09. The first-order valence-corrected chi connectivity index (χ1v) is 6.09. The fraction of sp³-hybridized carbons (Fsp3) is 0.500. The Morgan fingerprint density at radius 3 is 2.72 bits per heavy atom. The largest absolute Gasteiger partial charge is 0.478 e. The van der Waals surface area contributed by atoms with Crippen LogP contribution in [0.15, 0.2) is 12.3 Å². The van der Waals surface area contributed by atoms with Gasteiger partial charge in [-0.3, -0.25) is 0 Å². The maximum Gasteiger partial charge on any atom is 0.337 e. The van der Waals surface area contributed by atoms with E-state index in [-0.39, 0.29) is 23.2 Å². The number of anilines is 1. The molecular weight excluding hydrogens is 256 g/mol. The highest BCUT2D eigenvalue weighted by atomic mass is 35.5. The number of carboxylic acids is 1. The minimum absolute atomic E-state index is 0.0145. The molecule has 6 heteroatoms. The van der Waals surface area contributed by atoms with Crippen LogP contribution in [0, 0.1) is 5.92 Å². The third-order valence-electron chi connectivity index (χ3n) is 2.66. The van der Waals surface area contributed by atoms with Crippen molar-refractivity contribution >= 4 is 23.4 Å². The van der Waals surface area contributed by atoms with E-state index in [4.69, 9.17) is 21.8 Å². The molecule has 0 bridgehead atoms. The monoisotopic (exact) mass is 272 g/mol. The van der Waals surface area contributed by atoms with E-state index in [1.54, 1.807) is 0 Å². The molecule has 0 amide bonds. The van der Waals surface area contributed by atoms with Crippen molar-refractivity contribution in [3.63, 3.8) is 0 Å². The summed E-state index contributed by atoms with van der Waals surface area (Å²) in [4.78, 5) is 15.0. The van der Waals surface area contributed by atoms with Crippen molar-refractivity contribution in [2.45, 2.75) is 26.3 Å². The number of nitrogens with zero attached hydrogens (tertiary/aromatic N) is 1. The number of hydrogen-bond acceptors (Lipinski definition) is 4. The molecule has 1 rings (SSSR count). The molecule has 5 nitrogen and oxygen atoms in total. The van der Waals surface area contributed by atoms with Crippen molar-refractivity contribution in [1.29, 1.82) is 0 Å². The molecule has 100 valence electrons. The highest BCUT2D eigenvalue weighted by molar-refractivity contribution is 6.33. The maximum absolute atomic E-state index is 10.9. The Hall–Kier alpha value is -1.33. The molecule has 0 fully saturated rings. The number of pyridine rings is 1. The Labute approximate surface area is 111 Å². The molecule has 0 aromatic carbocycles. The highest BCUT2D eigenvalue weighted by Gasteiger charge is 2.15. The number of aromatic nitrogens is 1. The number of nitrogens with one attached hydrogen (secondary N) is 1. The SMILES string of the molecule is CC(C)C(CCO)Nc1cc(C(=O)O)c(Cl)cn1. The zero-order valence-electron chi connectivity index (χ0n) is 10.4. The van der Waals surface area contributed by atoms with Crippen LogP contribution in [0.25, 0.3) is 0 Å². The van der Waals surface area contributed by atoms with Crippen molar-refractivity contribution < 1.29 is 15.0 Å². The second-order valence-electron chi connectivity index (χ2n) is 4.36. The maximum atomic E-state index is 10.9. The third kappa shape index (κ3) is 3.85. The first-order valence-electron chi connectivity index (χ1n) is 5.72. The molecule has 18 heavy (non-hydrogen) atoms. The van der Waals surface area contributed by atoms with Gasteiger partial charge in [-0.1, -0.05) is 25.4 Å². The van der Waals surface area contributed by atoms with Crippen LogP contribution in [-0.2, 0) is 0 Å². The van der Waals surface area contributed by atoms with Gasteiger partial charge in [-0.05, 0) is 18.4 Å². The quantitative estimate of drug-likeness (QED) is 0.740. The van der Waals surface area contributed by atoms with Crippen molar-refractivity contribution in [1.82, 2.24) is 4.98 Å². The van der Waals surface area contributed by atoms with E-state index in [1.165, 1.54) is 12.3 Å². The molecule has 0 aliphatic carbocycles. The lowest BCUT2D eigenvalue weighted by Gasteiger charge is -2.22. The van der Waals surface area contributed by atoms with Gasteiger partial charge in [0.05, 0.1) is 10.6 Å². The first kappa shape index (κ1) is 14.7. The van der Waals surface area contributed by atoms with E-state index in [1.807, 2.05) is 13.8 Å². The highest BCUT2D eigenvalue weighted by Crippen LogP contribution is 2.20. The molecule has 0 spiro atoms. The molecule has 1 unspecified atom stereocenters.